The second kappa shape index (κ2) is 7.32. The third kappa shape index (κ3) is 5.41. The Morgan fingerprint density at radius 2 is 2.09 bits per heavy atom. The monoisotopic (exact) mass is 328 g/mol. The molecule has 3 N–H and O–H groups in total. The van der Waals surface area contributed by atoms with Crippen molar-refractivity contribution in [1.82, 2.24) is 0 Å². The van der Waals surface area contributed by atoms with Crippen molar-refractivity contribution in [2.45, 2.75) is 38.5 Å². The van der Waals surface area contributed by atoms with Crippen LogP contribution in [0.5, 0.6) is 0 Å². The van der Waals surface area contributed by atoms with Gasteiger partial charge in [0.25, 0.3) is 5.69 Å². The average Bonchev–Trinajstić information content (AvgIpc) is 2.41. The van der Waals surface area contributed by atoms with E-state index in [9.17, 15) is 18.5 Å². The molecule has 0 aliphatic carbocycles. The Labute approximate surface area is 129 Å². The number of benzene rings is 1. The molecule has 0 saturated carbocycles. The summed E-state index contributed by atoms with van der Waals surface area (Å²) in [6.07, 6.45) is 1.73. The summed E-state index contributed by atoms with van der Waals surface area (Å²) in [5.41, 5.74) is 3.13. The van der Waals surface area contributed by atoms with E-state index >= 15 is 0 Å². The second-order valence-electron chi connectivity index (χ2n) is 5.37. The number of sulfonamides is 1. The number of hydrogen-bond donors (Lipinski definition) is 2. The SMILES string of the molecule is C/C(CCC(C)C)=N/Nc1ccc(S(N)(=O)=O)cc1[N+](=O)[O-]. The van der Waals surface area contributed by atoms with Crippen LogP contribution in [0.1, 0.15) is 33.6 Å². The number of nitrogens with one attached hydrogen (secondary N) is 1. The van der Waals surface area contributed by atoms with Crippen molar-refractivity contribution in [2.24, 2.45) is 16.2 Å². The zero-order valence-corrected chi connectivity index (χ0v) is 13.6. The molecule has 1 rings (SSSR count). The van der Waals surface area contributed by atoms with Crippen molar-refractivity contribution in [3.8, 4) is 0 Å². The summed E-state index contributed by atoms with van der Waals surface area (Å²) in [7, 11) is -3.99. The van der Waals surface area contributed by atoms with Crippen LogP contribution in [-0.2, 0) is 10.0 Å². The lowest BCUT2D eigenvalue weighted by Gasteiger charge is -2.07. The zero-order chi connectivity index (χ0) is 16.9. The van der Waals surface area contributed by atoms with Crippen LogP contribution >= 0.6 is 0 Å². The maximum Gasteiger partial charge on any atom is 0.295 e. The molecule has 0 fully saturated rings. The predicted molar refractivity (Wildman–Crippen MR) is 85.3 cm³/mol. The smallest absolute Gasteiger partial charge is 0.272 e. The lowest BCUT2D eigenvalue weighted by atomic mass is 10.1. The molecule has 0 bridgehead atoms. The Balaban J connectivity index is 3.00. The summed E-state index contributed by atoms with van der Waals surface area (Å²) < 4.78 is 22.5. The molecule has 0 aliphatic rings. The largest absolute Gasteiger partial charge is 0.295 e. The Kier molecular flexibility index (Phi) is 6.01. The molecule has 122 valence electrons. The van der Waals surface area contributed by atoms with Gasteiger partial charge in [-0.15, -0.1) is 0 Å². The van der Waals surface area contributed by atoms with Crippen molar-refractivity contribution < 1.29 is 13.3 Å². The first-order valence-electron chi connectivity index (χ1n) is 6.71. The first kappa shape index (κ1) is 18.1. The van der Waals surface area contributed by atoms with Gasteiger partial charge in [-0.1, -0.05) is 13.8 Å². The number of hydrazone groups is 1. The molecule has 0 spiro atoms. The number of nitro benzene ring substituents is 1. The highest BCUT2D eigenvalue weighted by Gasteiger charge is 2.18. The number of anilines is 1. The Hall–Kier alpha value is -2.00. The number of nitrogens with two attached hydrogens (primary N) is 1. The van der Waals surface area contributed by atoms with Crippen LogP contribution in [0, 0.1) is 16.0 Å². The van der Waals surface area contributed by atoms with Gasteiger partial charge in [-0.3, -0.25) is 15.5 Å². The first-order valence-corrected chi connectivity index (χ1v) is 8.26. The highest BCUT2D eigenvalue weighted by Crippen LogP contribution is 2.27. The average molecular weight is 328 g/mol. The summed E-state index contributed by atoms with van der Waals surface area (Å²) in [6.45, 7) is 6.01. The molecule has 0 amide bonds. The Morgan fingerprint density at radius 3 is 2.59 bits per heavy atom. The van der Waals surface area contributed by atoms with Crippen LogP contribution < -0.4 is 10.6 Å². The molecule has 0 saturated heterocycles. The van der Waals surface area contributed by atoms with Crippen molar-refractivity contribution in [2.75, 3.05) is 5.43 Å². The fraction of sp³-hybridized carbons (Fsp3) is 0.462. The topological polar surface area (TPSA) is 128 Å². The highest BCUT2D eigenvalue weighted by atomic mass is 32.2. The van der Waals surface area contributed by atoms with Crippen LogP contribution in [0.3, 0.4) is 0 Å². The zero-order valence-electron chi connectivity index (χ0n) is 12.7. The Morgan fingerprint density at radius 1 is 1.45 bits per heavy atom. The van der Waals surface area contributed by atoms with Crippen molar-refractivity contribution in [1.29, 1.82) is 0 Å². The van der Waals surface area contributed by atoms with Gasteiger partial charge in [0.2, 0.25) is 10.0 Å². The van der Waals surface area contributed by atoms with Crippen molar-refractivity contribution in [3.63, 3.8) is 0 Å². The minimum absolute atomic E-state index is 0.112. The van der Waals surface area contributed by atoms with E-state index in [1.54, 1.807) is 0 Å². The highest BCUT2D eigenvalue weighted by molar-refractivity contribution is 7.89. The predicted octanol–water partition coefficient (Wildman–Crippen LogP) is 2.47. The van der Waals surface area contributed by atoms with E-state index in [4.69, 9.17) is 5.14 Å². The Bertz CT molecular complexity index is 683. The standard InChI is InChI=1S/C13H20N4O4S/c1-9(2)4-5-10(3)15-16-12-7-6-11(22(14,20)21)8-13(12)17(18)19/h6-9,16H,4-5H2,1-3H3,(H2,14,20,21)/b15-10-. The number of hydrogen-bond acceptors (Lipinski definition) is 6. The van der Waals surface area contributed by atoms with Gasteiger partial charge in [0.1, 0.15) is 5.69 Å². The summed E-state index contributed by atoms with van der Waals surface area (Å²) >= 11 is 0. The third-order valence-corrected chi connectivity index (χ3v) is 3.86. The quantitative estimate of drug-likeness (QED) is 0.451. The lowest BCUT2D eigenvalue weighted by molar-refractivity contribution is -0.384. The second-order valence-corrected chi connectivity index (χ2v) is 6.93. The summed E-state index contributed by atoms with van der Waals surface area (Å²) in [4.78, 5) is 10.0. The fourth-order valence-electron chi connectivity index (χ4n) is 1.64. The molecule has 8 nitrogen and oxygen atoms in total. The van der Waals surface area contributed by atoms with Crippen molar-refractivity contribution >= 4 is 27.1 Å². The van der Waals surface area contributed by atoms with E-state index in [0.29, 0.717) is 5.92 Å². The van der Waals surface area contributed by atoms with E-state index in [0.717, 1.165) is 24.6 Å². The van der Waals surface area contributed by atoms with Gasteiger partial charge in [0.05, 0.1) is 9.82 Å². The van der Waals surface area contributed by atoms with Crippen LogP contribution in [0.25, 0.3) is 0 Å². The molecule has 9 heteroatoms. The molecule has 0 heterocycles. The first-order chi connectivity index (χ1) is 10.1. The molecular formula is C13H20N4O4S. The minimum Gasteiger partial charge on any atom is -0.272 e. The van der Waals surface area contributed by atoms with Gasteiger partial charge in [0.15, 0.2) is 0 Å². The van der Waals surface area contributed by atoms with E-state index in [-0.39, 0.29) is 10.6 Å². The number of primary sulfonamides is 1. The fourth-order valence-corrected chi connectivity index (χ4v) is 2.18. The molecule has 0 aliphatic heterocycles. The maximum atomic E-state index is 11.2. The molecule has 0 aromatic heterocycles. The van der Waals surface area contributed by atoms with Gasteiger partial charge < -0.3 is 0 Å². The van der Waals surface area contributed by atoms with Gasteiger partial charge in [0, 0.05) is 11.8 Å². The molecule has 0 unspecified atom stereocenters. The summed E-state index contributed by atoms with van der Waals surface area (Å²) in [6, 6.07) is 3.39. The van der Waals surface area contributed by atoms with Crippen LogP contribution in [-0.4, -0.2) is 19.1 Å². The number of nitrogens with zero attached hydrogens (tertiary/aromatic N) is 2. The summed E-state index contributed by atoms with van der Waals surface area (Å²) in [5.74, 6) is 0.536. The van der Waals surface area contributed by atoms with E-state index < -0.39 is 20.6 Å². The van der Waals surface area contributed by atoms with Crippen LogP contribution in [0.2, 0.25) is 0 Å². The van der Waals surface area contributed by atoms with Gasteiger partial charge >= 0.3 is 0 Å². The van der Waals surface area contributed by atoms with Gasteiger partial charge in [-0.25, -0.2) is 13.6 Å². The molecule has 0 radical (unpaired) electrons. The molecular weight excluding hydrogens is 308 g/mol. The number of rotatable bonds is 7. The molecule has 1 aromatic carbocycles. The molecule has 0 atom stereocenters. The maximum absolute atomic E-state index is 11.2. The van der Waals surface area contributed by atoms with Crippen LogP contribution in [0.4, 0.5) is 11.4 Å². The normalized spacial score (nSPS) is 12.5. The van der Waals surface area contributed by atoms with Crippen LogP contribution in [0.15, 0.2) is 28.2 Å². The van der Waals surface area contributed by atoms with E-state index in [1.165, 1.54) is 12.1 Å². The summed E-state index contributed by atoms with van der Waals surface area (Å²) in [5, 5.41) is 20.1. The minimum atomic E-state index is -3.99. The van der Waals surface area contributed by atoms with Crippen molar-refractivity contribution in [3.05, 3.63) is 28.3 Å². The third-order valence-electron chi connectivity index (χ3n) is 2.95. The van der Waals surface area contributed by atoms with Gasteiger partial charge in [-0.2, -0.15) is 5.10 Å². The van der Waals surface area contributed by atoms with Gasteiger partial charge in [-0.05, 0) is 37.8 Å². The molecule has 1 aromatic rings. The van der Waals surface area contributed by atoms with E-state index in [1.807, 2.05) is 6.92 Å². The molecule has 22 heavy (non-hydrogen) atoms. The number of nitro groups is 1. The van der Waals surface area contributed by atoms with E-state index in [2.05, 4.69) is 24.4 Å². The lowest BCUT2D eigenvalue weighted by Crippen LogP contribution is -2.12.